The van der Waals surface area contributed by atoms with Crippen LogP contribution in [0.1, 0.15) is 33.4 Å². The predicted octanol–water partition coefficient (Wildman–Crippen LogP) is 11.7. The lowest BCUT2D eigenvalue weighted by Gasteiger charge is -2.20. The van der Waals surface area contributed by atoms with Gasteiger partial charge in [-0.05, 0) is 130 Å². The molecule has 0 spiro atoms. The number of para-hydroxylation sites is 2. The summed E-state index contributed by atoms with van der Waals surface area (Å²) in [5, 5.41) is 9.71. The van der Waals surface area contributed by atoms with Crippen molar-refractivity contribution >= 4 is 71.8 Å². The summed E-state index contributed by atoms with van der Waals surface area (Å²) in [6, 6.07) is 35.0. The fourth-order valence-corrected chi connectivity index (χ4v) is 10.1. The van der Waals surface area contributed by atoms with Gasteiger partial charge in [0.2, 0.25) is 0 Å². The van der Waals surface area contributed by atoms with E-state index in [1.54, 1.807) is 110 Å². The van der Waals surface area contributed by atoms with Crippen LogP contribution in [-0.4, -0.2) is 38.1 Å². The van der Waals surface area contributed by atoms with Gasteiger partial charge >= 0.3 is 12.2 Å². The lowest BCUT2D eigenvalue weighted by Crippen LogP contribution is -2.19. The standard InChI is InChI=1S/C51H44N4O11S2/c1-28-25-29(2)46(54-50(56)64-36-15-9-7-10-16-36)30(3)45(28)52-34-21-23-38-41(26-34)66-42-27-35(22-24-39(42)44(38)40-19-13-14-20-43(40)67(58,59)60)53-47-31(4)48(33(6)49(32(47)5)68(61,62)63)55-51(57)65-37-17-11-8-12-18-37/h7-27,52H,1-6H3,(H,54,56)(H,55,57)(H,58,59,60)(H,61,62,63)/b53-35+. The number of nitrogens with one attached hydrogen (secondary N) is 3. The Hall–Kier alpha value is -7.83. The molecule has 346 valence electrons. The molecule has 6 aromatic carbocycles. The molecule has 1 heterocycles. The molecule has 0 unspecified atom stereocenters. The van der Waals surface area contributed by atoms with Crippen LogP contribution in [0.2, 0.25) is 0 Å². The number of aryl methyl sites for hydroxylation is 2. The Balaban J connectivity index is 1.27. The largest absolute Gasteiger partial charge is 0.456 e. The van der Waals surface area contributed by atoms with Gasteiger partial charge in [0.15, 0.2) is 0 Å². The Morgan fingerprint density at radius 3 is 1.78 bits per heavy atom. The fourth-order valence-electron chi connectivity index (χ4n) is 8.43. The topological polar surface area (TPSA) is 223 Å². The van der Waals surface area contributed by atoms with Crippen LogP contribution in [0.15, 0.2) is 147 Å². The lowest BCUT2D eigenvalue weighted by molar-refractivity contribution is 0.214. The van der Waals surface area contributed by atoms with E-state index >= 15 is 0 Å². The third-order valence-electron chi connectivity index (χ3n) is 11.4. The number of hydrogen-bond acceptors (Lipinski definition) is 11. The minimum Gasteiger partial charge on any atom is -0.456 e. The predicted molar refractivity (Wildman–Crippen MR) is 260 cm³/mol. The third-order valence-corrected chi connectivity index (χ3v) is 13.4. The van der Waals surface area contributed by atoms with Crippen molar-refractivity contribution in [2.24, 2.45) is 4.99 Å². The van der Waals surface area contributed by atoms with Crippen LogP contribution in [0.5, 0.6) is 11.5 Å². The monoisotopic (exact) mass is 952 g/mol. The van der Waals surface area contributed by atoms with E-state index in [0.717, 1.165) is 16.7 Å². The molecule has 0 fully saturated rings. The molecule has 5 N–H and O–H groups in total. The van der Waals surface area contributed by atoms with Crippen molar-refractivity contribution in [2.45, 2.75) is 51.3 Å². The van der Waals surface area contributed by atoms with Gasteiger partial charge in [0.05, 0.1) is 22.4 Å². The maximum Gasteiger partial charge on any atom is 0.417 e. The molecular weight excluding hydrogens is 909 g/mol. The number of carbonyl (C=O) groups is 2. The van der Waals surface area contributed by atoms with Crippen LogP contribution < -0.4 is 30.8 Å². The van der Waals surface area contributed by atoms with E-state index in [9.17, 15) is 35.5 Å². The molecule has 6 aromatic rings. The van der Waals surface area contributed by atoms with Crippen LogP contribution >= 0.6 is 0 Å². The van der Waals surface area contributed by atoms with Gasteiger partial charge in [-0.15, -0.1) is 0 Å². The van der Waals surface area contributed by atoms with Crippen molar-refractivity contribution in [2.75, 3.05) is 16.0 Å². The molecule has 8 rings (SSSR count). The molecule has 17 heteroatoms. The zero-order chi connectivity index (χ0) is 48.7. The van der Waals surface area contributed by atoms with Crippen LogP contribution in [0, 0.1) is 41.5 Å². The second-order valence-electron chi connectivity index (χ2n) is 16.0. The van der Waals surface area contributed by atoms with Gasteiger partial charge < -0.3 is 19.2 Å². The molecule has 0 bridgehead atoms. The average molecular weight is 953 g/mol. The smallest absolute Gasteiger partial charge is 0.417 e. The molecular formula is C51H44N4O11S2. The van der Waals surface area contributed by atoms with Crippen LogP contribution in [0.25, 0.3) is 33.4 Å². The summed E-state index contributed by atoms with van der Waals surface area (Å²) in [6.07, 6.45) is -1.57. The Morgan fingerprint density at radius 2 is 1.16 bits per heavy atom. The zero-order valence-electron chi connectivity index (χ0n) is 37.5. The number of carbonyl (C=O) groups excluding carboxylic acids is 2. The minimum absolute atomic E-state index is 0.0533. The van der Waals surface area contributed by atoms with Crippen molar-refractivity contribution in [1.82, 2.24) is 0 Å². The average Bonchev–Trinajstić information content (AvgIpc) is 3.28. The fraction of sp³-hybridized carbons (Fsp3) is 0.118. The van der Waals surface area contributed by atoms with Gasteiger partial charge in [0, 0.05) is 45.6 Å². The Labute approximate surface area is 392 Å². The third kappa shape index (κ3) is 9.54. The van der Waals surface area contributed by atoms with Gasteiger partial charge in [-0.3, -0.25) is 19.7 Å². The zero-order valence-corrected chi connectivity index (χ0v) is 39.1. The van der Waals surface area contributed by atoms with E-state index in [-0.39, 0.29) is 49.8 Å². The summed E-state index contributed by atoms with van der Waals surface area (Å²) in [4.78, 5) is 30.1. The molecule has 0 saturated carbocycles. The number of amides is 2. The first-order valence-corrected chi connectivity index (χ1v) is 23.9. The number of ether oxygens (including phenoxy) is 2. The molecule has 1 aliphatic carbocycles. The SMILES string of the molecule is Cc1cc(C)c(Nc2ccc3c(-c4ccccc4S(=O)(=O)O)c4cc/c(=N\c5c(C)c(NC(=O)Oc6ccccc6)c(C)c(S(=O)(=O)O)c5C)cc-4oc3c2)c(C)c1NC(=O)Oc1ccccc1. The Kier molecular flexibility index (Phi) is 12.7. The van der Waals surface area contributed by atoms with E-state index in [1.807, 2.05) is 32.9 Å². The molecule has 0 radical (unpaired) electrons. The molecule has 15 nitrogen and oxygen atoms in total. The number of nitrogens with zero attached hydrogens (tertiary/aromatic N) is 1. The number of rotatable bonds is 10. The highest BCUT2D eigenvalue weighted by Gasteiger charge is 2.27. The maximum absolute atomic E-state index is 13.1. The molecule has 2 amide bonds. The van der Waals surface area contributed by atoms with Crippen molar-refractivity contribution in [3.05, 3.63) is 166 Å². The lowest BCUT2D eigenvalue weighted by atomic mass is 9.93. The van der Waals surface area contributed by atoms with Gasteiger partial charge in [-0.25, -0.2) is 14.6 Å². The summed E-state index contributed by atoms with van der Waals surface area (Å²) < 4.78 is 89.8. The molecule has 1 aliphatic heterocycles. The molecule has 2 aliphatic rings. The van der Waals surface area contributed by atoms with E-state index < -0.39 is 37.3 Å². The van der Waals surface area contributed by atoms with Crippen molar-refractivity contribution in [3.8, 4) is 33.9 Å². The maximum atomic E-state index is 13.1. The first-order chi connectivity index (χ1) is 32.3. The highest BCUT2D eigenvalue weighted by molar-refractivity contribution is 7.86. The number of anilines is 4. The van der Waals surface area contributed by atoms with E-state index in [2.05, 4.69) is 16.0 Å². The van der Waals surface area contributed by atoms with Crippen LogP contribution in [0.4, 0.5) is 38.0 Å². The highest BCUT2D eigenvalue weighted by atomic mass is 32.2. The van der Waals surface area contributed by atoms with Gasteiger partial charge in [-0.1, -0.05) is 60.7 Å². The quantitative estimate of drug-likeness (QED) is 0.0638. The molecule has 0 atom stereocenters. The first kappa shape index (κ1) is 46.7. The number of hydrogen-bond donors (Lipinski definition) is 5. The number of fused-ring (bicyclic) bond motifs is 2. The van der Waals surface area contributed by atoms with Crippen molar-refractivity contribution < 1.29 is 49.4 Å². The molecule has 0 saturated heterocycles. The molecule has 68 heavy (non-hydrogen) atoms. The summed E-state index contributed by atoms with van der Waals surface area (Å²) in [7, 11) is -9.58. The van der Waals surface area contributed by atoms with Crippen LogP contribution in [-0.2, 0) is 20.2 Å². The summed E-state index contributed by atoms with van der Waals surface area (Å²) >= 11 is 0. The molecule has 0 aromatic heterocycles. The van der Waals surface area contributed by atoms with E-state index in [4.69, 9.17) is 18.9 Å². The Bertz CT molecular complexity index is 3600. The van der Waals surface area contributed by atoms with Gasteiger partial charge in [-0.2, -0.15) is 16.8 Å². The van der Waals surface area contributed by atoms with Crippen molar-refractivity contribution in [1.29, 1.82) is 0 Å². The first-order valence-electron chi connectivity index (χ1n) is 21.0. The second kappa shape index (κ2) is 18.5. The minimum atomic E-state index is -4.85. The van der Waals surface area contributed by atoms with Gasteiger partial charge in [0.25, 0.3) is 20.2 Å². The second-order valence-corrected chi connectivity index (χ2v) is 18.8. The van der Waals surface area contributed by atoms with E-state index in [1.165, 1.54) is 26.0 Å². The summed E-state index contributed by atoms with van der Waals surface area (Å²) in [5.74, 6) is 0.852. The van der Waals surface area contributed by atoms with Crippen molar-refractivity contribution in [3.63, 3.8) is 0 Å². The number of benzene rings is 7. The summed E-state index contributed by atoms with van der Waals surface area (Å²) in [6.45, 7) is 10.2. The van der Waals surface area contributed by atoms with E-state index in [0.29, 0.717) is 50.5 Å². The van der Waals surface area contributed by atoms with Crippen LogP contribution in [0.3, 0.4) is 0 Å². The van der Waals surface area contributed by atoms with Gasteiger partial charge in [0.1, 0.15) is 32.6 Å². The highest BCUT2D eigenvalue weighted by Crippen LogP contribution is 2.44. The Morgan fingerprint density at radius 1 is 0.574 bits per heavy atom. The normalized spacial score (nSPS) is 12.0. The summed E-state index contributed by atoms with van der Waals surface area (Å²) in [5.41, 5.74) is 6.26.